The Bertz CT molecular complexity index is 431. The first-order valence-corrected chi connectivity index (χ1v) is 5.79. The maximum Gasteiger partial charge on any atom is 0.191 e. The highest BCUT2D eigenvalue weighted by Gasteiger charge is 2.21. The van der Waals surface area contributed by atoms with Crippen molar-refractivity contribution in [3.63, 3.8) is 0 Å². The van der Waals surface area contributed by atoms with Crippen LogP contribution in [0.25, 0.3) is 0 Å². The monoisotopic (exact) mass is 257 g/mol. The summed E-state index contributed by atoms with van der Waals surface area (Å²) in [6, 6.07) is 5.57. The molecule has 0 saturated carbocycles. The van der Waals surface area contributed by atoms with E-state index in [0.717, 1.165) is 12.1 Å². The van der Waals surface area contributed by atoms with Gasteiger partial charge in [0, 0.05) is 29.6 Å². The van der Waals surface area contributed by atoms with Gasteiger partial charge in [-0.05, 0) is 17.7 Å². The largest absolute Gasteiger partial charge is 0.370 e. The minimum Gasteiger partial charge on any atom is -0.370 e. The van der Waals surface area contributed by atoms with Gasteiger partial charge in [-0.25, -0.2) is 0 Å². The van der Waals surface area contributed by atoms with Crippen LogP contribution in [0.2, 0.25) is 10.0 Å². The van der Waals surface area contributed by atoms with Crippen molar-refractivity contribution >= 4 is 29.2 Å². The van der Waals surface area contributed by atoms with Crippen LogP contribution in [0.3, 0.4) is 0 Å². The minimum absolute atomic E-state index is 0.280. The third-order valence-corrected chi connectivity index (χ3v) is 3.32. The molecule has 86 valence electrons. The number of nitrogens with two attached hydrogens (primary N) is 1. The summed E-state index contributed by atoms with van der Waals surface area (Å²) in [5.74, 6) is 0.864. The summed E-state index contributed by atoms with van der Waals surface area (Å²) in [6.45, 7) is 1.51. The first-order chi connectivity index (χ1) is 7.58. The van der Waals surface area contributed by atoms with Crippen molar-refractivity contribution in [1.29, 1.82) is 0 Å². The SMILES string of the molecule is CN1CC(c2ccc(Cl)cc2Cl)CN=C1N. The van der Waals surface area contributed by atoms with Crippen LogP contribution in [-0.4, -0.2) is 31.0 Å². The van der Waals surface area contributed by atoms with Crippen molar-refractivity contribution in [2.75, 3.05) is 20.1 Å². The molecule has 1 aromatic carbocycles. The van der Waals surface area contributed by atoms with E-state index in [1.807, 2.05) is 24.1 Å². The van der Waals surface area contributed by atoms with Crippen LogP contribution in [0.15, 0.2) is 23.2 Å². The van der Waals surface area contributed by atoms with E-state index >= 15 is 0 Å². The van der Waals surface area contributed by atoms with Gasteiger partial charge in [0.05, 0.1) is 6.54 Å². The molecule has 1 aliphatic rings. The molecule has 1 unspecified atom stereocenters. The Morgan fingerprint density at radius 2 is 2.19 bits per heavy atom. The Balaban J connectivity index is 2.26. The molecule has 0 aromatic heterocycles. The van der Waals surface area contributed by atoms with Crippen LogP contribution in [0, 0.1) is 0 Å². The van der Waals surface area contributed by atoms with Crippen molar-refractivity contribution < 1.29 is 0 Å². The van der Waals surface area contributed by atoms with E-state index < -0.39 is 0 Å². The predicted octanol–water partition coefficient (Wildman–Crippen LogP) is 2.34. The molecule has 5 heteroatoms. The zero-order chi connectivity index (χ0) is 11.7. The number of hydrogen-bond donors (Lipinski definition) is 1. The lowest BCUT2D eigenvalue weighted by Crippen LogP contribution is -2.41. The topological polar surface area (TPSA) is 41.6 Å². The van der Waals surface area contributed by atoms with Crippen LogP contribution in [0.4, 0.5) is 0 Å². The molecule has 1 atom stereocenters. The van der Waals surface area contributed by atoms with Gasteiger partial charge in [0.2, 0.25) is 0 Å². The molecule has 16 heavy (non-hydrogen) atoms. The molecular weight excluding hydrogens is 245 g/mol. The Morgan fingerprint density at radius 3 is 2.81 bits per heavy atom. The molecule has 1 heterocycles. The molecule has 0 fully saturated rings. The van der Waals surface area contributed by atoms with Crippen molar-refractivity contribution in [1.82, 2.24) is 4.90 Å². The highest BCUT2D eigenvalue weighted by molar-refractivity contribution is 6.35. The van der Waals surface area contributed by atoms with Crippen LogP contribution < -0.4 is 5.73 Å². The normalized spacial score (nSPS) is 20.8. The minimum atomic E-state index is 0.280. The van der Waals surface area contributed by atoms with E-state index in [9.17, 15) is 0 Å². The summed E-state index contributed by atoms with van der Waals surface area (Å²) in [6.07, 6.45) is 0. The fourth-order valence-electron chi connectivity index (χ4n) is 1.84. The van der Waals surface area contributed by atoms with Crippen LogP contribution in [0.5, 0.6) is 0 Å². The molecule has 1 aromatic rings. The van der Waals surface area contributed by atoms with Gasteiger partial charge in [0.25, 0.3) is 0 Å². The molecule has 1 aliphatic heterocycles. The molecule has 2 rings (SSSR count). The molecule has 0 saturated heterocycles. The third-order valence-electron chi connectivity index (χ3n) is 2.76. The van der Waals surface area contributed by atoms with Crippen molar-refractivity contribution in [3.8, 4) is 0 Å². The van der Waals surface area contributed by atoms with Gasteiger partial charge in [0.15, 0.2) is 5.96 Å². The second-order valence-corrected chi connectivity index (χ2v) is 4.79. The molecule has 2 N–H and O–H groups in total. The number of guanidine groups is 1. The fourth-order valence-corrected chi connectivity index (χ4v) is 2.40. The second-order valence-electron chi connectivity index (χ2n) is 3.94. The summed E-state index contributed by atoms with van der Waals surface area (Å²) < 4.78 is 0. The van der Waals surface area contributed by atoms with E-state index in [2.05, 4.69) is 4.99 Å². The zero-order valence-corrected chi connectivity index (χ0v) is 10.5. The van der Waals surface area contributed by atoms with Gasteiger partial charge in [-0.2, -0.15) is 0 Å². The summed E-state index contributed by atoms with van der Waals surface area (Å²) in [7, 11) is 1.93. The molecule has 0 amide bonds. The van der Waals surface area contributed by atoms with E-state index in [0.29, 0.717) is 22.5 Å². The van der Waals surface area contributed by atoms with Crippen LogP contribution >= 0.6 is 23.2 Å². The van der Waals surface area contributed by atoms with Crippen molar-refractivity contribution in [2.45, 2.75) is 5.92 Å². The number of nitrogens with zero attached hydrogens (tertiary/aromatic N) is 2. The predicted molar refractivity (Wildman–Crippen MR) is 68.3 cm³/mol. The van der Waals surface area contributed by atoms with Gasteiger partial charge in [0.1, 0.15) is 0 Å². The summed E-state index contributed by atoms with van der Waals surface area (Å²) in [4.78, 5) is 6.19. The van der Waals surface area contributed by atoms with E-state index in [1.54, 1.807) is 6.07 Å². The number of benzene rings is 1. The maximum absolute atomic E-state index is 6.16. The van der Waals surface area contributed by atoms with Crippen LogP contribution in [0.1, 0.15) is 11.5 Å². The lowest BCUT2D eigenvalue weighted by atomic mass is 9.98. The standard InChI is InChI=1S/C11H13Cl2N3/c1-16-6-7(5-15-11(16)14)9-3-2-8(12)4-10(9)13/h2-4,7H,5-6H2,1H3,(H2,14,15). The molecular formula is C11H13Cl2N3. The molecule has 0 radical (unpaired) electrons. The molecule has 0 bridgehead atoms. The Labute approximate surface area is 105 Å². The smallest absolute Gasteiger partial charge is 0.191 e. The Kier molecular flexibility index (Phi) is 3.26. The first-order valence-electron chi connectivity index (χ1n) is 5.04. The van der Waals surface area contributed by atoms with Gasteiger partial charge >= 0.3 is 0 Å². The first kappa shape index (κ1) is 11.6. The highest BCUT2D eigenvalue weighted by Crippen LogP contribution is 2.29. The quantitative estimate of drug-likeness (QED) is 0.840. The second kappa shape index (κ2) is 4.52. The van der Waals surface area contributed by atoms with E-state index in [1.165, 1.54) is 0 Å². The lowest BCUT2D eigenvalue weighted by molar-refractivity contribution is 0.422. The zero-order valence-electron chi connectivity index (χ0n) is 8.95. The highest BCUT2D eigenvalue weighted by atomic mass is 35.5. The third kappa shape index (κ3) is 2.25. The van der Waals surface area contributed by atoms with Gasteiger partial charge < -0.3 is 10.6 Å². The molecule has 3 nitrogen and oxygen atoms in total. The van der Waals surface area contributed by atoms with Gasteiger partial charge in [-0.3, -0.25) is 4.99 Å². The molecule has 0 spiro atoms. The van der Waals surface area contributed by atoms with Crippen molar-refractivity contribution in [3.05, 3.63) is 33.8 Å². The average molecular weight is 258 g/mol. The van der Waals surface area contributed by atoms with Gasteiger partial charge in [-0.15, -0.1) is 0 Å². The number of aliphatic imine (C=N–C) groups is 1. The van der Waals surface area contributed by atoms with Crippen LogP contribution in [-0.2, 0) is 0 Å². The van der Waals surface area contributed by atoms with E-state index in [4.69, 9.17) is 28.9 Å². The van der Waals surface area contributed by atoms with Crippen molar-refractivity contribution in [2.24, 2.45) is 10.7 Å². The average Bonchev–Trinajstić information content (AvgIpc) is 2.22. The molecule has 0 aliphatic carbocycles. The number of halogens is 2. The lowest BCUT2D eigenvalue weighted by Gasteiger charge is -2.29. The van der Waals surface area contributed by atoms with Gasteiger partial charge in [-0.1, -0.05) is 29.3 Å². The number of rotatable bonds is 1. The Morgan fingerprint density at radius 1 is 1.44 bits per heavy atom. The summed E-state index contributed by atoms with van der Waals surface area (Å²) in [5, 5.41) is 1.35. The summed E-state index contributed by atoms with van der Waals surface area (Å²) >= 11 is 12.0. The summed E-state index contributed by atoms with van der Waals surface area (Å²) in [5.41, 5.74) is 6.78. The number of hydrogen-bond acceptors (Lipinski definition) is 3. The van der Waals surface area contributed by atoms with E-state index in [-0.39, 0.29) is 5.92 Å². The number of likely N-dealkylation sites (N-methyl/N-ethyl adjacent to an activating group) is 1. The fraction of sp³-hybridized carbons (Fsp3) is 0.364. The maximum atomic E-state index is 6.16. The Hall–Kier alpha value is -0.930.